The molecule has 11 rings (SSSR count). The van der Waals surface area contributed by atoms with E-state index in [1.807, 2.05) is 48.7 Å². The third-order valence-electron chi connectivity index (χ3n) is 11.3. The molecule has 8 aromatic carbocycles. The van der Waals surface area contributed by atoms with Crippen LogP contribution in [0.1, 0.15) is 0 Å². The van der Waals surface area contributed by atoms with Crippen LogP contribution in [0.25, 0.3) is 106 Å². The molecule has 0 saturated heterocycles. The van der Waals surface area contributed by atoms with Crippen molar-refractivity contribution in [1.29, 1.82) is 0 Å². The summed E-state index contributed by atoms with van der Waals surface area (Å²) in [6.07, 6.45) is 1.85. The van der Waals surface area contributed by atoms with Gasteiger partial charge < -0.3 is 4.57 Å². The molecule has 11 aromatic rings. The average Bonchev–Trinajstić information content (AvgIpc) is 3.65. The van der Waals surface area contributed by atoms with Crippen LogP contribution in [-0.2, 0) is 0 Å². The van der Waals surface area contributed by atoms with Crippen LogP contribution >= 0.6 is 0 Å². The van der Waals surface area contributed by atoms with Crippen molar-refractivity contribution in [3.63, 3.8) is 0 Å². The molecule has 3 aromatic heterocycles. The predicted molar refractivity (Wildman–Crippen MR) is 244 cm³/mol. The van der Waals surface area contributed by atoms with Gasteiger partial charge >= 0.3 is 0 Å². The highest BCUT2D eigenvalue weighted by Gasteiger charge is 2.16. The lowest BCUT2D eigenvalue weighted by Gasteiger charge is -2.12. The van der Waals surface area contributed by atoms with Gasteiger partial charge in [-0.15, -0.1) is 0 Å². The summed E-state index contributed by atoms with van der Waals surface area (Å²) in [6.45, 7) is 0. The lowest BCUT2D eigenvalue weighted by atomic mass is 10.0. The molecule has 0 spiro atoms. The van der Waals surface area contributed by atoms with Gasteiger partial charge in [0.2, 0.25) is 0 Å². The quantitative estimate of drug-likeness (QED) is 0.163. The molecule has 59 heavy (non-hydrogen) atoms. The van der Waals surface area contributed by atoms with Crippen molar-refractivity contribution in [2.75, 3.05) is 0 Å². The first kappa shape index (κ1) is 34.3. The lowest BCUT2D eigenvalue weighted by Crippen LogP contribution is -1.96. The van der Waals surface area contributed by atoms with Crippen LogP contribution < -0.4 is 0 Å². The van der Waals surface area contributed by atoms with Gasteiger partial charge in [-0.25, -0.2) is 9.97 Å². The van der Waals surface area contributed by atoms with Gasteiger partial charge in [-0.2, -0.15) is 0 Å². The number of para-hydroxylation sites is 1. The molecular weight excluding hydrogens is 717 g/mol. The summed E-state index contributed by atoms with van der Waals surface area (Å²) in [4.78, 5) is 14.8. The zero-order chi connectivity index (χ0) is 39.1. The van der Waals surface area contributed by atoms with Gasteiger partial charge in [0.25, 0.3) is 0 Å². The van der Waals surface area contributed by atoms with E-state index >= 15 is 0 Å². The Kier molecular flexibility index (Phi) is 8.45. The Morgan fingerprint density at radius 1 is 0.322 bits per heavy atom. The van der Waals surface area contributed by atoms with Crippen molar-refractivity contribution in [3.05, 3.63) is 219 Å². The Labute approximate surface area is 342 Å². The van der Waals surface area contributed by atoms with Gasteiger partial charge in [-0.1, -0.05) is 158 Å². The van der Waals surface area contributed by atoms with Crippen molar-refractivity contribution < 1.29 is 0 Å². The Morgan fingerprint density at radius 3 is 1.41 bits per heavy atom. The highest BCUT2D eigenvalue weighted by Crippen LogP contribution is 2.38. The lowest BCUT2D eigenvalue weighted by molar-refractivity contribution is 1.18. The average molecular weight is 753 g/mol. The molecule has 276 valence electrons. The molecule has 3 heterocycles. The second-order valence-corrected chi connectivity index (χ2v) is 14.9. The van der Waals surface area contributed by atoms with Gasteiger partial charge in [0.1, 0.15) is 0 Å². The first-order chi connectivity index (χ1) is 29.2. The SMILES string of the molecule is c1ccc(-c2ccc3c(c2)c2cc(-c4ccccc4)ccc2n3-c2ccc(-c3ccc(-c4cc(-c5ccnc6ccccc56)nc(-c5ccccc5)n4)cc3)cc2)cc1. The summed E-state index contributed by atoms with van der Waals surface area (Å²) in [7, 11) is 0. The molecule has 0 N–H and O–H groups in total. The fraction of sp³-hybridized carbons (Fsp3) is 0. The van der Waals surface area contributed by atoms with E-state index in [1.54, 1.807) is 0 Å². The topological polar surface area (TPSA) is 43.6 Å². The Hall–Kier alpha value is -7.95. The Bertz CT molecular complexity index is 3180. The number of rotatable bonds is 7. The number of hydrogen-bond donors (Lipinski definition) is 0. The monoisotopic (exact) mass is 752 g/mol. The number of nitrogens with zero attached hydrogens (tertiary/aromatic N) is 4. The molecule has 0 saturated carbocycles. The van der Waals surface area contributed by atoms with E-state index in [4.69, 9.17) is 9.97 Å². The third-order valence-corrected chi connectivity index (χ3v) is 11.3. The summed E-state index contributed by atoms with van der Waals surface area (Å²) < 4.78 is 2.39. The summed E-state index contributed by atoms with van der Waals surface area (Å²) in [5.41, 5.74) is 16.3. The number of aromatic nitrogens is 4. The third kappa shape index (κ3) is 6.34. The van der Waals surface area contributed by atoms with E-state index in [2.05, 4.69) is 179 Å². The largest absolute Gasteiger partial charge is 0.309 e. The molecule has 0 amide bonds. The van der Waals surface area contributed by atoms with Gasteiger partial charge in [0.15, 0.2) is 5.82 Å². The van der Waals surface area contributed by atoms with E-state index in [-0.39, 0.29) is 0 Å². The van der Waals surface area contributed by atoms with Gasteiger partial charge in [0.05, 0.1) is 27.9 Å². The molecule has 0 bridgehead atoms. The molecule has 0 aliphatic rings. The zero-order valence-electron chi connectivity index (χ0n) is 32.1. The van der Waals surface area contributed by atoms with Crippen molar-refractivity contribution in [1.82, 2.24) is 19.5 Å². The van der Waals surface area contributed by atoms with E-state index < -0.39 is 0 Å². The zero-order valence-corrected chi connectivity index (χ0v) is 32.1. The fourth-order valence-electron chi connectivity index (χ4n) is 8.33. The van der Waals surface area contributed by atoms with Crippen LogP contribution in [0.3, 0.4) is 0 Å². The minimum atomic E-state index is 0.691. The van der Waals surface area contributed by atoms with Crippen LogP contribution in [0.2, 0.25) is 0 Å². The number of hydrogen-bond acceptors (Lipinski definition) is 3. The second kappa shape index (κ2) is 14.5. The smallest absolute Gasteiger partial charge is 0.160 e. The minimum absolute atomic E-state index is 0.691. The number of pyridine rings is 1. The highest BCUT2D eigenvalue weighted by atomic mass is 15.0. The second-order valence-electron chi connectivity index (χ2n) is 14.9. The first-order valence-electron chi connectivity index (χ1n) is 19.9. The molecular formula is C55H36N4. The maximum Gasteiger partial charge on any atom is 0.160 e. The van der Waals surface area contributed by atoms with E-state index in [1.165, 1.54) is 44.1 Å². The molecule has 4 nitrogen and oxygen atoms in total. The number of benzene rings is 8. The molecule has 0 radical (unpaired) electrons. The van der Waals surface area contributed by atoms with Crippen molar-refractivity contribution in [2.24, 2.45) is 0 Å². The van der Waals surface area contributed by atoms with Gasteiger partial charge in [-0.3, -0.25) is 4.98 Å². The van der Waals surface area contributed by atoms with Crippen molar-refractivity contribution in [2.45, 2.75) is 0 Å². The van der Waals surface area contributed by atoms with E-state index in [0.29, 0.717) is 5.82 Å². The predicted octanol–water partition coefficient (Wildman–Crippen LogP) is 14.1. The molecule has 4 heteroatoms. The van der Waals surface area contributed by atoms with Gasteiger partial charge in [0, 0.05) is 44.7 Å². The Morgan fingerprint density at radius 2 is 0.797 bits per heavy atom. The highest BCUT2D eigenvalue weighted by molar-refractivity contribution is 6.11. The van der Waals surface area contributed by atoms with E-state index in [0.717, 1.165) is 55.8 Å². The van der Waals surface area contributed by atoms with Crippen molar-refractivity contribution >= 4 is 32.7 Å². The van der Waals surface area contributed by atoms with Crippen LogP contribution in [0.5, 0.6) is 0 Å². The Balaban J connectivity index is 0.963. The van der Waals surface area contributed by atoms with E-state index in [9.17, 15) is 0 Å². The molecule has 0 aliphatic carbocycles. The molecule has 0 fully saturated rings. The fourth-order valence-corrected chi connectivity index (χ4v) is 8.33. The summed E-state index contributed by atoms with van der Waals surface area (Å²) in [5.74, 6) is 0.691. The van der Waals surface area contributed by atoms with Crippen LogP contribution in [0.15, 0.2) is 219 Å². The normalized spacial score (nSPS) is 11.4. The van der Waals surface area contributed by atoms with Crippen LogP contribution in [0.4, 0.5) is 0 Å². The first-order valence-corrected chi connectivity index (χ1v) is 19.9. The van der Waals surface area contributed by atoms with Gasteiger partial charge in [-0.05, 0) is 88.0 Å². The molecule has 0 atom stereocenters. The van der Waals surface area contributed by atoms with Crippen molar-refractivity contribution in [3.8, 4) is 73.0 Å². The maximum absolute atomic E-state index is 5.09. The standard InChI is InChI=1S/C55H36N4/c1-4-12-37(13-5-1)43-26-30-53-48(34-43)49-35-44(38-14-6-2-7-15-38)27-31-54(49)59(53)45-28-24-40(25-29-45)39-20-22-41(23-21-39)51-36-52(58-55(57-51)42-16-8-3-9-17-42)47-32-33-56-50-19-11-10-18-46(47)50/h1-36H. The minimum Gasteiger partial charge on any atom is -0.309 e. The van der Waals surface area contributed by atoms with Crippen LogP contribution in [0, 0.1) is 0 Å². The molecule has 0 unspecified atom stereocenters. The summed E-state index contributed by atoms with van der Waals surface area (Å²) in [5, 5.41) is 3.53. The molecule has 0 aliphatic heterocycles. The maximum atomic E-state index is 5.09. The summed E-state index contributed by atoms with van der Waals surface area (Å²) >= 11 is 0. The number of fused-ring (bicyclic) bond motifs is 4. The van der Waals surface area contributed by atoms with Crippen LogP contribution in [-0.4, -0.2) is 19.5 Å². The summed E-state index contributed by atoms with van der Waals surface area (Å²) in [6, 6.07) is 75.1.